The molecule has 22 heavy (non-hydrogen) atoms. The zero-order valence-corrected chi connectivity index (χ0v) is 12.3. The van der Waals surface area contributed by atoms with Crippen LogP contribution in [-0.4, -0.2) is 40.8 Å². The minimum absolute atomic E-state index is 0.240. The van der Waals surface area contributed by atoms with E-state index in [9.17, 15) is 9.90 Å². The van der Waals surface area contributed by atoms with E-state index in [-0.39, 0.29) is 5.56 Å². The standard InChI is InChI=1S/C17H20O5/c18-15(19)14-3-1-2-13(12-14)4-5-16(20)6-8-17(9-7-16)21-10-11-22-17/h1-5,12,20H,6-11H2,(H,18,19)/b5-4+. The number of carboxylic acid groups (broad SMARTS) is 1. The molecule has 1 saturated carbocycles. The van der Waals surface area contributed by atoms with Crippen molar-refractivity contribution in [2.24, 2.45) is 0 Å². The van der Waals surface area contributed by atoms with Crippen molar-refractivity contribution in [3.63, 3.8) is 0 Å². The molecule has 0 aromatic heterocycles. The summed E-state index contributed by atoms with van der Waals surface area (Å²) in [4.78, 5) is 11.0. The van der Waals surface area contributed by atoms with Crippen molar-refractivity contribution in [1.29, 1.82) is 0 Å². The molecular formula is C17H20O5. The SMILES string of the molecule is O=C(O)c1cccc(/C=C/C2(O)CCC3(CC2)OCCO3)c1. The van der Waals surface area contributed by atoms with Crippen LogP contribution in [0.25, 0.3) is 6.08 Å². The maximum Gasteiger partial charge on any atom is 0.335 e. The van der Waals surface area contributed by atoms with Crippen LogP contribution in [0.3, 0.4) is 0 Å². The monoisotopic (exact) mass is 304 g/mol. The molecule has 1 spiro atoms. The van der Waals surface area contributed by atoms with Crippen LogP contribution in [-0.2, 0) is 9.47 Å². The highest BCUT2D eigenvalue weighted by molar-refractivity contribution is 5.88. The largest absolute Gasteiger partial charge is 0.478 e. The fourth-order valence-corrected chi connectivity index (χ4v) is 3.04. The highest BCUT2D eigenvalue weighted by atomic mass is 16.7. The molecule has 2 N–H and O–H groups in total. The molecule has 2 aliphatic rings. The van der Waals surface area contributed by atoms with Crippen LogP contribution in [0.2, 0.25) is 0 Å². The molecule has 1 aromatic rings. The van der Waals surface area contributed by atoms with Crippen LogP contribution < -0.4 is 0 Å². The number of ether oxygens (including phenoxy) is 2. The lowest BCUT2D eigenvalue weighted by Gasteiger charge is -2.39. The third-order valence-corrected chi connectivity index (χ3v) is 4.41. The first kappa shape index (κ1) is 15.2. The van der Waals surface area contributed by atoms with Crippen LogP contribution in [0.5, 0.6) is 0 Å². The second kappa shape index (κ2) is 5.83. The number of benzene rings is 1. The Bertz CT molecular complexity index is 576. The average molecular weight is 304 g/mol. The molecule has 0 amide bonds. The predicted molar refractivity (Wildman–Crippen MR) is 80.5 cm³/mol. The summed E-state index contributed by atoms with van der Waals surface area (Å²) >= 11 is 0. The van der Waals surface area contributed by atoms with Crippen LogP contribution >= 0.6 is 0 Å². The number of rotatable bonds is 3. The number of hydrogen-bond acceptors (Lipinski definition) is 4. The van der Waals surface area contributed by atoms with Gasteiger partial charge in [0.15, 0.2) is 5.79 Å². The van der Waals surface area contributed by atoms with E-state index in [0.717, 1.165) is 5.56 Å². The minimum atomic E-state index is -0.955. The summed E-state index contributed by atoms with van der Waals surface area (Å²) in [6, 6.07) is 6.66. The van der Waals surface area contributed by atoms with Crippen LogP contribution in [0.1, 0.15) is 41.6 Å². The Kier molecular flexibility index (Phi) is 4.04. The third kappa shape index (κ3) is 3.21. The Balaban J connectivity index is 1.67. The molecule has 118 valence electrons. The van der Waals surface area contributed by atoms with Crippen molar-refractivity contribution in [2.45, 2.75) is 37.1 Å². The highest BCUT2D eigenvalue weighted by Crippen LogP contribution is 2.40. The molecule has 0 unspecified atom stereocenters. The Morgan fingerprint density at radius 2 is 1.82 bits per heavy atom. The van der Waals surface area contributed by atoms with Crippen LogP contribution in [0.4, 0.5) is 0 Å². The van der Waals surface area contributed by atoms with Gasteiger partial charge in [0.2, 0.25) is 0 Å². The summed E-state index contributed by atoms with van der Waals surface area (Å²) in [7, 11) is 0. The Labute approximate surface area is 129 Å². The molecule has 1 aliphatic heterocycles. The molecule has 1 aromatic carbocycles. The smallest absolute Gasteiger partial charge is 0.335 e. The van der Waals surface area contributed by atoms with Crippen molar-refractivity contribution in [2.75, 3.05) is 13.2 Å². The number of hydrogen-bond donors (Lipinski definition) is 2. The number of carbonyl (C=O) groups is 1. The van der Waals surface area contributed by atoms with E-state index in [1.54, 1.807) is 30.4 Å². The summed E-state index contributed by atoms with van der Waals surface area (Å²) < 4.78 is 11.3. The van der Waals surface area contributed by atoms with Crippen molar-refractivity contribution in [3.05, 3.63) is 41.5 Å². The van der Waals surface area contributed by atoms with Gasteiger partial charge in [0.05, 0.1) is 24.4 Å². The van der Waals surface area contributed by atoms with Gasteiger partial charge in [0.1, 0.15) is 0 Å². The number of aromatic carboxylic acids is 1. The molecule has 0 radical (unpaired) electrons. The van der Waals surface area contributed by atoms with Crippen molar-refractivity contribution < 1.29 is 24.5 Å². The zero-order valence-electron chi connectivity index (χ0n) is 12.3. The first-order valence-corrected chi connectivity index (χ1v) is 7.53. The molecule has 2 fully saturated rings. The molecule has 1 heterocycles. The second-order valence-corrected chi connectivity index (χ2v) is 5.98. The van der Waals surface area contributed by atoms with Gasteiger partial charge in [-0.15, -0.1) is 0 Å². The van der Waals surface area contributed by atoms with E-state index >= 15 is 0 Å². The van der Waals surface area contributed by atoms with Crippen molar-refractivity contribution in [1.82, 2.24) is 0 Å². The summed E-state index contributed by atoms with van der Waals surface area (Å²) in [5.74, 6) is -1.45. The maximum atomic E-state index is 11.0. The quantitative estimate of drug-likeness (QED) is 0.897. The molecule has 5 heteroatoms. The van der Waals surface area contributed by atoms with Gasteiger partial charge in [-0.3, -0.25) is 0 Å². The van der Waals surface area contributed by atoms with Gasteiger partial charge in [-0.1, -0.05) is 24.3 Å². The lowest BCUT2D eigenvalue weighted by molar-refractivity contribution is -0.196. The van der Waals surface area contributed by atoms with Crippen LogP contribution in [0, 0.1) is 0 Å². The van der Waals surface area contributed by atoms with E-state index < -0.39 is 17.4 Å². The van der Waals surface area contributed by atoms with Gasteiger partial charge in [-0.05, 0) is 30.5 Å². The number of carboxylic acids is 1. The van der Waals surface area contributed by atoms with Crippen LogP contribution in [0.15, 0.2) is 30.3 Å². The normalized spacial score (nSPS) is 23.1. The molecule has 1 saturated heterocycles. The molecule has 1 aliphatic carbocycles. The first-order chi connectivity index (χ1) is 10.5. The first-order valence-electron chi connectivity index (χ1n) is 7.53. The molecule has 0 atom stereocenters. The Morgan fingerprint density at radius 3 is 2.45 bits per heavy atom. The van der Waals surface area contributed by atoms with Gasteiger partial charge >= 0.3 is 5.97 Å². The van der Waals surface area contributed by atoms with Gasteiger partial charge in [0.25, 0.3) is 0 Å². The fourth-order valence-electron chi connectivity index (χ4n) is 3.04. The molecule has 5 nitrogen and oxygen atoms in total. The van der Waals surface area contributed by atoms with Crippen molar-refractivity contribution >= 4 is 12.0 Å². The molecule has 0 bridgehead atoms. The van der Waals surface area contributed by atoms with Gasteiger partial charge < -0.3 is 19.7 Å². The van der Waals surface area contributed by atoms with E-state index in [4.69, 9.17) is 14.6 Å². The lowest BCUT2D eigenvalue weighted by Crippen LogP contribution is -2.42. The molecule has 3 rings (SSSR count). The summed E-state index contributed by atoms with van der Waals surface area (Å²) in [6.45, 7) is 1.24. The van der Waals surface area contributed by atoms with Gasteiger partial charge in [-0.25, -0.2) is 4.79 Å². The fraction of sp³-hybridized carbons (Fsp3) is 0.471. The summed E-state index contributed by atoms with van der Waals surface area (Å²) in [5.41, 5.74) is 0.117. The summed E-state index contributed by atoms with van der Waals surface area (Å²) in [5, 5.41) is 19.6. The Morgan fingerprint density at radius 1 is 1.14 bits per heavy atom. The van der Waals surface area contributed by atoms with Crippen molar-refractivity contribution in [3.8, 4) is 0 Å². The summed E-state index contributed by atoms with van der Waals surface area (Å²) in [6.07, 6.45) is 6.02. The Hall–Kier alpha value is -1.69. The average Bonchev–Trinajstić information content (AvgIpc) is 2.98. The minimum Gasteiger partial charge on any atom is -0.478 e. The van der Waals surface area contributed by atoms with E-state index in [2.05, 4.69) is 0 Å². The predicted octanol–water partition coefficient (Wildman–Crippen LogP) is 2.45. The third-order valence-electron chi connectivity index (χ3n) is 4.41. The maximum absolute atomic E-state index is 11.0. The van der Waals surface area contributed by atoms with Gasteiger partial charge in [-0.2, -0.15) is 0 Å². The van der Waals surface area contributed by atoms with Gasteiger partial charge in [0, 0.05) is 12.8 Å². The highest BCUT2D eigenvalue weighted by Gasteiger charge is 2.44. The van der Waals surface area contributed by atoms with E-state index in [1.165, 1.54) is 0 Å². The zero-order chi connectivity index (χ0) is 15.6. The topological polar surface area (TPSA) is 76.0 Å². The van der Waals surface area contributed by atoms with E-state index in [0.29, 0.717) is 38.9 Å². The number of aliphatic hydroxyl groups is 1. The van der Waals surface area contributed by atoms with E-state index in [1.807, 2.05) is 6.07 Å². The lowest BCUT2D eigenvalue weighted by atomic mass is 9.81. The second-order valence-electron chi connectivity index (χ2n) is 5.98. The molecular weight excluding hydrogens is 284 g/mol.